The molecule has 2 rings (SSSR count). The van der Waals surface area contributed by atoms with Crippen LogP contribution in [-0.2, 0) is 12.8 Å². The molecule has 1 fully saturated rings. The third-order valence-corrected chi connectivity index (χ3v) is 2.59. The van der Waals surface area contributed by atoms with Crippen LogP contribution in [0.4, 0.5) is 0 Å². The number of nitrogens with zero attached hydrogens (tertiary/aromatic N) is 1. The third kappa shape index (κ3) is 2.33. The zero-order valence-corrected chi connectivity index (χ0v) is 8.20. The van der Waals surface area contributed by atoms with E-state index in [4.69, 9.17) is 9.52 Å². The number of oxazole rings is 1. The molecule has 0 saturated carbocycles. The van der Waals surface area contributed by atoms with Crippen molar-refractivity contribution >= 4 is 0 Å². The number of hydrogen-bond acceptors (Lipinski definition) is 4. The summed E-state index contributed by atoms with van der Waals surface area (Å²) in [5, 5.41) is 12.0. The van der Waals surface area contributed by atoms with E-state index in [0.29, 0.717) is 12.3 Å². The lowest BCUT2D eigenvalue weighted by Gasteiger charge is -2.02. The monoisotopic (exact) mass is 196 g/mol. The van der Waals surface area contributed by atoms with Gasteiger partial charge in [-0.15, -0.1) is 0 Å². The summed E-state index contributed by atoms with van der Waals surface area (Å²) in [6, 6.07) is 0. The smallest absolute Gasteiger partial charge is 0.194 e. The number of nitrogens with one attached hydrogen (secondary N) is 1. The molecule has 1 aromatic rings. The number of hydrogen-bond donors (Lipinski definition) is 2. The zero-order valence-electron chi connectivity index (χ0n) is 8.20. The van der Waals surface area contributed by atoms with Gasteiger partial charge in [0.2, 0.25) is 0 Å². The second-order valence-corrected chi connectivity index (χ2v) is 3.76. The van der Waals surface area contributed by atoms with Crippen LogP contribution in [0.3, 0.4) is 0 Å². The second-order valence-electron chi connectivity index (χ2n) is 3.76. The highest BCUT2D eigenvalue weighted by Crippen LogP contribution is 2.15. The average molecular weight is 196 g/mol. The maximum absolute atomic E-state index is 8.72. The number of aromatic nitrogens is 1. The molecule has 0 bridgehead atoms. The molecule has 14 heavy (non-hydrogen) atoms. The van der Waals surface area contributed by atoms with Crippen molar-refractivity contribution in [2.75, 3.05) is 19.7 Å². The molecule has 1 unspecified atom stereocenters. The topological polar surface area (TPSA) is 58.3 Å². The van der Waals surface area contributed by atoms with Crippen LogP contribution in [0, 0.1) is 5.92 Å². The van der Waals surface area contributed by atoms with Gasteiger partial charge in [-0.1, -0.05) is 0 Å². The molecule has 1 aromatic heterocycles. The fraction of sp³-hybridized carbons (Fsp3) is 0.700. The normalized spacial score (nSPS) is 21.6. The fourth-order valence-electron chi connectivity index (χ4n) is 1.80. The van der Waals surface area contributed by atoms with Crippen molar-refractivity contribution in [1.29, 1.82) is 0 Å². The molecule has 4 heteroatoms. The van der Waals surface area contributed by atoms with E-state index in [1.54, 1.807) is 6.20 Å². The van der Waals surface area contributed by atoms with Gasteiger partial charge in [0.25, 0.3) is 0 Å². The minimum Gasteiger partial charge on any atom is -0.446 e. The first-order chi connectivity index (χ1) is 6.88. The summed E-state index contributed by atoms with van der Waals surface area (Å²) < 4.78 is 5.49. The number of aliphatic hydroxyl groups is 1. The van der Waals surface area contributed by atoms with Gasteiger partial charge >= 0.3 is 0 Å². The molecular formula is C10H16N2O2. The van der Waals surface area contributed by atoms with Gasteiger partial charge in [-0.3, -0.25) is 0 Å². The Hall–Kier alpha value is -0.870. The van der Waals surface area contributed by atoms with E-state index < -0.39 is 0 Å². The SMILES string of the molecule is OCCc1cnc(CC2CCNC2)o1. The minimum atomic E-state index is 0.125. The predicted octanol–water partition coefficient (Wildman–Crippen LogP) is 0.361. The molecule has 1 saturated heterocycles. The molecule has 4 nitrogen and oxygen atoms in total. The Morgan fingerprint density at radius 1 is 1.64 bits per heavy atom. The van der Waals surface area contributed by atoms with Crippen molar-refractivity contribution < 1.29 is 9.52 Å². The van der Waals surface area contributed by atoms with E-state index in [-0.39, 0.29) is 6.61 Å². The quantitative estimate of drug-likeness (QED) is 0.730. The summed E-state index contributed by atoms with van der Waals surface area (Å²) in [5.41, 5.74) is 0. The molecule has 0 amide bonds. The number of aliphatic hydroxyl groups excluding tert-OH is 1. The predicted molar refractivity (Wildman–Crippen MR) is 52.0 cm³/mol. The Balaban J connectivity index is 1.88. The van der Waals surface area contributed by atoms with Crippen molar-refractivity contribution in [3.8, 4) is 0 Å². The van der Waals surface area contributed by atoms with Crippen molar-refractivity contribution in [3.63, 3.8) is 0 Å². The van der Waals surface area contributed by atoms with Gasteiger partial charge in [0.15, 0.2) is 5.89 Å². The Morgan fingerprint density at radius 3 is 3.29 bits per heavy atom. The molecule has 1 atom stereocenters. The average Bonchev–Trinajstić information content (AvgIpc) is 2.79. The van der Waals surface area contributed by atoms with Gasteiger partial charge in [-0.2, -0.15) is 0 Å². The Bertz CT molecular complexity index is 279. The van der Waals surface area contributed by atoms with Crippen molar-refractivity contribution in [2.24, 2.45) is 5.92 Å². The van der Waals surface area contributed by atoms with Crippen LogP contribution in [-0.4, -0.2) is 29.8 Å². The largest absolute Gasteiger partial charge is 0.446 e. The zero-order chi connectivity index (χ0) is 9.80. The van der Waals surface area contributed by atoms with Crippen LogP contribution in [0.5, 0.6) is 0 Å². The Kier molecular flexibility index (Phi) is 3.16. The van der Waals surface area contributed by atoms with Gasteiger partial charge in [-0.05, 0) is 25.4 Å². The maximum Gasteiger partial charge on any atom is 0.194 e. The minimum absolute atomic E-state index is 0.125. The van der Waals surface area contributed by atoms with E-state index in [1.807, 2.05) is 0 Å². The van der Waals surface area contributed by atoms with Crippen LogP contribution in [0.1, 0.15) is 18.1 Å². The second kappa shape index (κ2) is 4.57. The van der Waals surface area contributed by atoms with Gasteiger partial charge in [-0.25, -0.2) is 4.98 Å². The maximum atomic E-state index is 8.72. The number of rotatable bonds is 4. The van der Waals surface area contributed by atoms with Crippen molar-refractivity contribution in [3.05, 3.63) is 17.8 Å². The molecular weight excluding hydrogens is 180 g/mol. The highest BCUT2D eigenvalue weighted by molar-refractivity contribution is 4.96. The lowest BCUT2D eigenvalue weighted by molar-refractivity contribution is 0.285. The van der Waals surface area contributed by atoms with Crippen LogP contribution in [0.2, 0.25) is 0 Å². The lowest BCUT2D eigenvalue weighted by atomic mass is 10.1. The fourth-order valence-corrected chi connectivity index (χ4v) is 1.80. The van der Waals surface area contributed by atoms with Crippen LogP contribution in [0.15, 0.2) is 10.6 Å². The van der Waals surface area contributed by atoms with E-state index in [9.17, 15) is 0 Å². The Morgan fingerprint density at radius 2 is 2.57 bits per heavy atom. The molecule has 0 aliphatic carbocycles. The molecule has 0 aromatic carbocycles. The van der Waals surface area contributed by atoms with E-state index in [1.165, 1.54) is 6.42 Å². The summed E-state index contributed by atoms with van der Waals surface area (Å²) in [5.74, 6) is 2.26. The summed E-state index contributed by atoms with van der Waals surface area (Å²) in [6.45, 7) is 2.30. The molecule has 78 valence electrons. The molecule has 1 aliphatic rings. The van der Waals surface area contributed by atoms with E-state index in [0.717, 1.165) is 31.2 Å². The van der Waals surface area contributed by atoms with Crippen LogP contribution < -0.4 is 5.32 Å². The first kappa shape index (κ1) is 9.68. The molecule has 0 radical (unpaired) electrons. The third-order valence-electron chi connectivity index (χ3n) is 2.59. The highest BCUT2D eigenvalue weighted by Gasteiger charge is 2.17. The summed E-state index contributed by atoms with van der Waals surface area (Å²) >= 11 is 0. The van der Waals surface area contributed by atoms with Gasteiger partial charge < -0.3 is 14.8 Å². The first-order valence-corrected chi connectivity index (χ1v) is 5.13. The summed E-state index contributed by atoms with van der Waals surface area (Å²) in [4.78, 5) is 4.19. The lowest BCUT2D eigenvalue weighted by Crippen LogP contribution is -2.10. The van der Waals surface area contributed by atoms with Gasteiger partial charge in [0.1, 0.15) is 5.76 Å². The van der Waals surface area contributed by atoms with Crippen molar-refractivity contribution in [1.82, 2.24) is 10.3 Å². The first-order valence-electron chi connectivity index (χ1n) is 5.13. The molecule has 0 spiro atoms. The summed E-state index contributed by atoms with van der Waals surface area (Å²) in [6.07, 6.45) is 4.40. The van der Waals surface area contributed by atoms with Crippen molar-refractivity contribution in [2.45, 2.75) is 19.3 Å². The van der Waals surface area contributed by atoms with Gasteiger partial charge in [0.05, 0.1) is 12.8 Å². The Labute approximate surface area is 83.3 Å². The molecule has 1 aliphatic heterocycles. The van der Waals surface area contributed by atoms with Crippen LogP contribution >= 0.6 is 0 Å². The molecule has 2 heterocycles. The van der Waals surface area contributed by atoms with E-state index in [2.05, 4.69) is 10.3 Å². The van der Waals surface area contributed by atoms with Crippen LogP contribution in [0.25, 0.3) is 0 Å². The standard InChI is InChI=1S/C10H16N2O2/c13-4-2-9-7-12-10(14-9)5-8-1-3-11-6-8/h7-8,11,13H,1-6H2. The van der Waals surface area contributed by atoms with E-state index >= 15 is 0 Å². The highest BCUT2D eigenvalue weighted by atomic mass is 16.4. The van der Waals surface area contributed by atoms with Gasteiger partial charge in [0, 0.05) is 12.8 Å². The molecule has 2 N–H and O–H groups in total. The summed E-state index contributed by atoms with van der Waals surface area (Å²) in [7, 11) is 0.